The van der Waals surface area contributed by atoms with Gasteiger partial charge in [-0.3, -0.25) is 4.79 Å². The van der Waals surface area contributed by atoms with Crippen molar-refractivity contribution in [3.63, 3.8) is 0 Å². The number of nitrogens with one attached hydrogen (secondary N) is 1. The summed E-state index contributed by atoms with van der Waals surface area (Å²) in [5.41, 5.74) is 1.46. The fourth-order valence-electron chi connectivity index (χ4n) is 3.57. The van der Waals surface area contributed by atoms with E-state index in [4.69, 9.17) is 16.3 Å². The van der Waals surface area contributed by atoms with Crippen LogP contribution in [0, 0.1) is 0 Å². The molecule has 1 aliphatic rings. The molecule has 3 radical (unpaired) electrons. The number of hydrogen-bond donors (Lipinski definition) is 1. The molecule has 2 aromatic heterocycles. The van der Waals surface area contributed by atoms with Gasteiger partial charge in [0.1, 0.15) is 15.9 Å². The third kappa shape index (κ3) is 3.52. The molecule has 155 valence electrons. The van der Waals surface area contributed by atoms with E-state index in [1.54, 1.807) is 27.8 Å². The summed E-state index contributed by atoms with van der Waals surface area (Å²) in [6.45, 7) is 0.639. The summed E-state index contributed by atoms with van der Waals surface area (Å²) in [5, 5.41) is 13.4. The first-order valence-corrected chi connectivity index (χ1v) is 9.79. The number of aromatic nitrogens is 5. The third-order valence-electron chi connectivity index (χ3n) is 5.02. The fraction of sp³-hybridized carbons (Fsp3) is 0.333. The van der Waals surface area contributed by atoms with Gasteiger partial charge in [0.05, 0.1) is 40.9 Å². The maximum absolute atomic E-state index is 13.4. The molecule has 1 atom stereocenters. The zero-order valence-electron chi connectivity index (χ0n) is 15.8. The first-order chi connectivity index (χ1) is 14.3. The van der Waals surface area contributed by atoms with Crippen molar-refractivity contribution in [2.45, 2.75) is 24.7 Å². The summed E-state index contributed by atoms with van der Waals surface area (Å²) in [5.74, 6) is 0. The average Bonchev–Trinajstić information content (AvgIpc) is 3.14. The van der Waals surface area contributed by atoms with Crippen LogP contribution < -0.4 is 10.5 Å². The van der Waals surface area contributed by atoms with Crippen molar-refractivity contribution in [2.75, 3.05) is 18.6 Å². The molecule has 0 saturated heterocycles. The molecule has 4 rings (SSSR count). The Kier molecular flexibility index (Phi) is 5.43. The molecule has 3 heterocycles. The Morgan fingerprint density at radius 3 is 2.90 bits per heavy atom. The number of methoxy groups -OCH3 is 1. The quantitative estimate of drug-likeness (QED) is 0.599. The van der Waals surface area contributed by atoms with Crippen LogP contribution in [-0.2, 0) is 23.1 Å². The van der Waals surface area contributed by atoms with Crippen molar-refractivity contribution in [3.05, 3.63) is 68.4 Å². The van der Waals surface area contributed by atoms with Crippen LogP contribution in [0.1, 0.15) is 28.9 Å². The maximum Gasteiger partial charge on any atom is 0.285 e. The molecule has 0 unspecified atom stereocenters. The van der Waals surface area contributed by atoms with Gasteiger partial charge >= 0.3 is 0 Å². The van der Waals surface area contributed by atoms with Crippen LogP contribution >= 0.6 is 11.6 Å². The number of ether oxygens (including phenoxy) is 1. The van der Waals surface area contributed by atoms with Gasteiger partial charge in [0.15, 0.2) is 0 Å². The molecule has 1 N–H and O–H groups in total. The van der Waals surface area contributed by atoms with Crippen molar-refractivity contribution < 1.29 is 13.5 Å². The number of aromatic amines is 1. The van der Waals surface area contributed by atoms with E-state index in [2.05, 4.69) is 30.8 Å². The minimum atomic E-state index is -2.60. The van der Waals surface area contributed by atoms with Crippen molar-refractivity contribution in [2.24, 2.45) is 0 Å². The summed E-state index contributed by atoms with van der Waals surface area (Å²) < 4.78 is 34.0. The lowest BCUT2D eigenvalue weighted by Crippen LogP contribution is -2.49. The molecule has 1 aromatic carbocycles. The van der Waals surface area contributed by atoms with E-state index in [1.807, 2.05) is 0 Å². The van der Waals surface area contributed by atoms with Gasteiger partial charge in [-0.05, 0) is 5.56 Å². The number of anilines is 1. The normalized spacial score (nSPS) is 18.7. The smallest absolute Gasteiger partial charge is 0.285 e. The predicted octanol–water partition coefficient (Wildman–Crippen LogP) is 1.99. The Bertz CT molecular complexity index is 1140. The number of rotatable bonds is 5. The summed E-state index contributed by atoms with van der Waals surface area (Å²) in [6, 6.07) is 6.30. The summed E-state index contributed by atoms with van der Waals surface area (Å²) in [4.78, 5) is 13.6. The number of benzene rings is 1. The van der Waals surface area contributed by atoms with E-state index in [0.717, 1.165) is 0 Å². The van der Waals surface area contributed by atoms with Crippen LogP contribution in [0.15, 0.2) is 35.3 Å². The SMILES string of the molecule is CO[C@]1([Si])CN(c2cn[nH]c(=O)c2Cl)Cc2nnn(Cc3ccccc3C(F)F)c21. The topological polar surface area (TPSA) is 88.9 Å². The lowest BCUT2D eigenvalue weighted by Gasteiger charge is -2.40. The van der Waals surface area contributed by atoms with E-state index in [-0.39, 0.29) is 30.2 Å². The first kappa shape index (κ1) is 20.6. The van der Waals surface area contributed by atoms with Gasteiger partial charge in [-0.1, -0.05) is 41.1 Å². The van der Waals surface area contributed by atoms with E-state index < -0.39 is 17.2 Å². The minimum absolute atomic E-state index is 0.00294. The van der Waals surface area contributed by atoms with Gasteiger partial charge < -0.3 is 9.64 Å². The van der Waals surface area contributed by atoms with Crippen LogP contribution in [0.2, 0.25) is 5.02 Å². The van der Waals surface area contributed by atoms with E-state index in [0.29, 0.717) is 22.6 Å². The van der Waals surface area contributed by atoms with Crippen LogP contribution in [0.3, 0.4) is 0 Å². The zero-order chi connectivity index (χ0) is 21.5. The standard InChI is InChI=1S/C18H16ClF2N6O2Si/c1-29-18(30)9-26(13-6-22-24-17(28)14(13)19)8-12-15(18)27(25-23-12)7-10-4-2-3-5-11(10)16(20)21/h2-6,16H,7-9H2,1H3,(H,24,28)/t18-/m0/s1. The predicted molar refractivity (Wildman–Crippen MR) is 106 cm³/mol. The summed E-state index contributed by atoms with van der Waals surface area (Å²) in [7, 11) is 5.17. The van der Waals surface area contributed by atoms with Crippen molar-refractivity contribution in [3.8, 4) is 0 Å². The second kappa shape index (κ2) is 7.89. The van der Waals surface area contributed by atoms with Crippen LogP contribution in [-0.4, -0.2) is 49.1 Å². The Labute approximate surface area is 178 Å². The number of halogens is 3. The highest BCUT2D eigenvalue weighted by atomic mass is 35.5. The van der Waals surface area contributed by atoms with E-state index in [1.165, 1.54) is 19.4 Å². The molecule has 0 saturated carbocycles. The molecular formula is C18H16ClF2N6O2Si. The maximum atomic E-state index is 13.4. The number of hydrogen-bond acceptors (Lipinski definition) is 6. The van der Waals surface area contributed by atoms with Crippen LogP contribution in [0.25, 0.3) is 0 Å². The first-order valence-electron chi connectivity index (χ1n) is 8.91. The van der Waals surface area contributed by atoms with Gasteiger partial charge in [0.2, 0.25) is 0 Å². The molecule has 0 bridgehead atoms. The Morgan fingerprint density at radius 2 is 2.17 bits per heavy atom. The van der Waals surface area contributed by atoms with Gasteiger partial charge in [-0.25, -0.2) is 18.6 Å². The lowest BCUT2D eigenvalue weighted by molar-refractivity contribution is 0.0535. The molecule has 1 aliphatic heterocycles. The molecule has 3 aromatic rings. The zero-order valence-corrected chi connectivity index (χ0v) is 17.5. The summed E-state index contributed by atoms with van der Waals surface area (Å²) in [6.07, 6.45) is -1.15. The molecule has 0 aliphatic carbocycles. The van der Waals surface area contributed by atoms with E-state index in [9.17, 15) is 13.6 Å². The summed E-state index contributed by atoms with van der Waals surface area (Å²) >= 11 is 6.16. The van der Waals surface area contributed by atoms with Crippen molar-refractivity contribution in [1.82, 2.24) is 25.2 Å². The van der Waals surface area contributed by atoms with Crippen molar-refractivity contribution >= 4 is 27.5 Å². The molecule has 30 heavy (non-hydrogen) atoms. The lowest BCUT2D eigenvalue weighted by atomic mass is 10.0. The van der Waals surface area contributed by atoms with Gasteiger partial charge in [0, 0.05) is 19.2 Å². The number of alkyl halides is 2. The highest BCUT2D eigenvalue weighted by molar-refractivity contribution is 6.33. The molecule has 0 amide bonds. The monoisotopic (exact) mass is 449 g/mol. The molecule has 12 heteroatoms. The van der Waals surface area contributed by atoms with Crippen molar-refractivity contribution in [1.29, 1.82) is 0 Å². The minimum Gasteiger partial charge on any atom is -0.375 e. The second-order valence-corrected chi connectivity index (χ2v) is 8.01. The highest BCUT2D eigenvalue weighted by Gasteiger charge is 2.41. The Morgan fingerprint density at radius 1 is 1.40 bits per heavy atom. The Balaban J connectivity index is 1.74. The average molecular weight is 450 g/mol. The number of fused-ring (bicyclic) bond motifs is 1. The molecule has 0 spiro atoms. The fourth-order valence-corrected chi connectivity index (χ4v) is 4.24. The van der Waals surface area contributed by atoms with E-state index >= 15 is 0 Å². The molecule has 8 nitrogen and oxygen atoms in total. The highest BCUT2D eigenvalue weighted by Crippen LogP contribution is 2.35. The second-order valence-electron chi connectivity index (χ2n) is 6.83. The van der Waals surface area contributed by atoms with Gasteiger partial charge in [-0.2, -0.15) is 5.10 Å². The molecular weight excluding hydrogens is 434 g/mol. The molecule has 0 fully saturated rings. The van der Waals surface area contributed by atoms with Crippen LogP contribution in [0.4, 0.5) is 14.5 Å². The van der Waals surface area contributed by atoms with Crippen LogP contribution in [0.5, 0.6) is 0 Å². The number of H-pyrrole nitrogens is 1. The Hall–Kier alpha value is -2.63. The van der Waals surface area contributed by atoms with Gasteiger partial charge in [-0.15, -0.1) is 5.10 Å². The third-order valence-corrected chi connectivity index (χ3v) is 5.98. The number of nitrogens with zero attached hydrogens (tertiary/aromatic N) is 5. The van der Waals surface area contributed by atoms with Gasteiger partial charge in [0.25, 0.3) is 12.0 Å². The largest absolute Gasteiger partial charge is 0.375 e.